The van der Waals surface area contributed by atoms with E-state index in [1.807, 2.05) is 0 Å². The largest absolute Gasteiger partial charge is 0.337 e. The average molecular weight is 227 g/mol. The molecule has 4 heteroatoms. The second kappa shape index (κ2) is 5.53. The zero-order chi connectivity index (χ0) is 12.2. The molecule has 0 aliphatic heterocycles. The molecule has 0 radical (unpaired) electrons. The molecule has 1 unspecified atom stereocenters. The minimum atomic E-state index is -0.0772. The maximum Gasteiger partial charge on any atom is 0.315 e. The van der Waals surface area contributed by atoms with Crippen molar-refractivity contribution in [2.75, 3.05) is 6.54 Å². The van der Waals surface area contributed by atoms with E-state index in [1.165, 1.54) is 12.8 Å². The average Bonchev–Trinajstić information content (AvgIpc) is 2.65. The van der Waals surface area contributed by atoms with Crippen molar-refractivity contribution in [3.05, 3.63) is 0 Å². The Morgan fingerprint density at radius 2 is 1.94 bits per heavy atom. The summed E-state index contributed by atoms with van der Waals surface area (Å²) in [5.41, 5.74) is 5.99. The number of hydrogen-bond donors (Lipinski definition) is 3. The fourth-order valence-corrected chi connectivity index (χ4v) is 1.82. The molecule has 1 saturated carbocycles. The van der Waals surface area contributed by atoms with Crippen LogP contribution in [0.25, 0.3) is 0 Å². The molecule has 0 spiro atoms. The SMILES string of the molecule is CC(C)(C)C(N)CNC(=O)NC1CCCC1. The first-order valence-corrected chi connectivity index (χ1v) is 6.19. The summed E-state index contributed by atoms with van der Waals surface area (Å²) < 4.78 is 0. The van der Waals surface area contributed by atoms with Crippen LogP contribution in [0.3, 0.4) is 0 Å². The van der Waals surface area contributed by atoms with Crippen LogP contribution in [0, 0.1) is 5.41 Å². The van der Waals surface area contributed by atoms with E-state index in [9.17, 15) is 4.79 Å². The van der Waals surface area contributed by atoms with Crippen LogP contribution >= 0.6 is 0 Å². The summed E-state index contributed by atoms with van der Waals surface area (Å²) in [6, 6.07) is 0.277. The van der Waals surface area contributed by atoms with Gasteiger partial charge >= 0.3 is 6.03 Å². The summed E-state index contributed by atoms with van der Waals surface area (Å²) in [4.78, 5) is 11.6. The summed E-state index contributed by atoms with van der Waals surface area (Å²) in [5, 5.41) is 5.82. The Morgan fingerprint density at radius 3 is 2.44 bits per heavy atom. The smallest absolute Gasteiger partial charge is 0.315 e. The van der Waals surface area contributed by atoms with Crippen molar-refractivity contribution in [1.29, 1.82) is 0 Å². The van der Waals surface area contributed by atoms with E-state index in [2.05, 4.69) is 31.4 Å². The van der Waals surface area contributed by atoms with Gasteiger partial charge in [0.2, 0.25) is 0 Å². The van der Waals surface area contributed by atoms with Gasteiger partial charge in [0.25, 0.3) is 0 Å². The molecule has 0 aromatic rings. The lowest BCUT2D eigenvalue weighted by atomic mass is 9.87. The van der Waals surface area contributed by atoms with Crippen LogP contribution in [0.5, 0.6) is 0 Å². The Balaban J connectivity index is 2.19. The highest BCUT2D eigenvalue weighted by Gasteiger charge is 2.22. The zero-order valence-electron chi connectivity index (χ0n) is 10.7. The molecule has 0 aromatic carbocycles. The van der Waals surface area contributed by atoms with Crippen LogP contribution in [0.4, 0.5) is 4.79 Å². The number of hydrogen-bond acceptors (Lipinski definition) is 2. The lowest BCUT2D eigenvalue weighted by Gasteiger charge is -2.27. The fourth-order valence-electron chi connectivity index (χ4n) is 1.82. The second-order valence-corrected chi connectivity index (χ2v) is 5.81. The van der Waals surface area contributed by atoms with Gasteiger partial charge in [-0.1, -0.05) is 33.6 Å². The van der Waals surface area contributed by atoms with Gasteiger partial charge in [-0.05, 0) is 18.3 Å². The lowest BCUT2D eigenvalue weighted by molar-refractivity contribution is 0.232. The Bertz CT molecular complexity index is 229. The molecule has 4 N–H and O–H groups in total. The van der Waals surface area contributed by atoms with Gasteiger partial charge in [-0.15, -0.1) is 0 Å². The number of urea groups is 1. The minimum absolute atomic E-state index is 0.0122. The third-order valence-corrected chi connectivity index (χ3v) is 3.29. The van der Waals surface area contributed by atoms with Crippen LogP contribution < -0.4 is 16.4 Å². The van der Waals surface area contributed by atoms with Gasteiger partial charge < -0.3 is 16.4 Å². The maximum absolute atomic E-state index is 11.6. The van der Waals surface area contributed by atoms with E-state index in [-0.39, 0.29) is 17.5 Å². The first-order valence-electron chi connectivity index (χ1n) is 6.19. The Kier molecular flexibility index (Phi) is 4.59. The molecule has 1 aliphatic carbocycles. The number of rotatable bonds is 3. The molecule has 0 aromatic heterocycles. The summed E-state index contributed by atoms with van der Waals surface area (Å²) in [5.74, 6) is 0. The van der Waals surface area contributed by atoms with E-state index in [1.54, 1.807) is 0 Å². The normalized spacial score (nSPS) is 19.5. The Labute approximate surface area is 98.3 Å². The number of carbonyl (C=O) groups excluding carboxylic acids is 1. The van der Waals surface area contributed by atoms with Crippen LogP contribution in [0.1, 0.15) is 46.5 Å². The van der Waals surface area contributed by atoms with Gasteiger partial charge in [-0.2, -0.15) is 0 Å². The first kappa shape index (κ1) is 13.3. The molecular formula is C12H25N3O. The highest BCUT2D eigenvalue weighted by molar-refractivity contribution is 5.74. The van der Waals surface area contributed by atoms with Crippen molar-refractivity contribution in [3.63, 3.8) is 0 Å². The van der Waals surface area contributed by atoms with E-state index in [0.717, 1.165) is 12.8 Å². The number of nitrogens with one attached hydrogen (secondary N) is 2. The van der Waals surface area contributed by atoms with Crippen molar-refractivity contribution >= 4 is 6.03 Å². The maximum atomic E-state index is 11.6. The van der Waals surface area contributed by atoms with Crippen LogP contribution in [0.2, 0.25) is 0 Å². The van der Waals surface area contributed by atoms with Gasteiger partial charge in [-0.3, -0.25) is 0 Å². The van der Waals surface area contributed by atoms with Crippen molar-refractivity contribution in [2.45, 2.75) is 58.5 Å². The lowest BCUT2D eigenvalue weighted by Crippen LogP contribution is -2.49. The zero-order valence-corrected chi connectivity index (χ0v) is 10.7. The summed E-state index contributed by atoms with van der Waals surface area (Å²) in [6.45, 7) is 6.76. The summed E-state index contributed by atoms with van der Waals surface area (Å²) >= 11 is 0. The predicted octanol–water partition coefficient (Wildman–Crippen LogP) is 1.60. The minimum Gasteiger partial charge on any atom is -0.337 e. The third-order valence-electron chi connectivity index (χ3n) is 3.29. The molecule has 2 amide bonds. The van der Waals surface area contributed by atoms with Crippen LogP contribution in [-0.2, 0) is 0 Å². The van der Waals surface area contributed by atoms with Gasteiger partial charge in [0.1, 0.15) is 0 Å². The molecule has 0 saturated heterocycles. The molecule has 16 heavy (non-hydrogen) atoms. The highest BCUT2D eigenvalue weighted by atomic mass is 16.2. The second-order valence-electron chi connectivity index (χ2n) is 5.81. The van der Waals surface area contributed by atoms with Gasteiger partial charge in [-0.25, -0.2) is 4.79 Å². The van der Waals surface area contributed by atoms with Crippen LogP contribution in [-0.4, -0.2) is 24.7 Å². The van der Waals surface area contributed by atoms with Crippen molar-refractivity contribution in [1.82, 2.24) is 10.6 Å². The summed E-state index contributed by atoms with van der Waals surface area (Å²) in [7, 11) is 0. The number of nitrogens with two attached hydrogens (primary N) is 1. The number of amides is 2. The van der Waals surface area contributed by atoms with Gasteiger partial charge in [0.05, 0.1) is 0 Å². The van der Waals surface area contributed by atoms with Crippen molar-refractivity contribution in [3.8, 4) is 0 Å². The molecule has 0 bridgehead atoms. The Hall–Kier alpha value is -0.770. The van der Waals surface area contributed by atoms with E-state index in [4.69, 9.17) is 5.73 Å². The monoisotopic (exact) mass is 227 g/mol. The van der Waals surface area contributed by atoms with Gasteiger partial charge in [0.15, 0.2) is 0 Å². The van der Waals surface area contributed by atoms with E-state index < -0.39 is 0 Å². The first-order chi connectivity index (χ1) is 7.39. The highest BCUT2D eigenvalue weighted by Crippen LogP contribution is 2.18. The van der Waals surface area contributed by atoms with Crippen molar-refractivity contribution < 1.29 is 4.79 Å². The molecule has 1 rings (SSSR count). The third kappa shape index (κ3) is 4.39. The molecule has 1 atom stereocenters. The van der Waals surface area contributed by atoms with E-state index in [0.29, 0.717) is 12.6 Å². The quantitative estimate of drug-likeness (QED) is 0.685. The topological polar surface area (TPSA) is 67.1 Å². The summed E-state index contributed by atoms with van der Waals surface area (Å²) in [6.07, 6.45) is 4.68. The molecular weight excluding hydrogens is 202 g/mol. The van der Waals surface area contributed by atoms with Crippen LogP contribution in [0.15, 0.2) is 0 Å². The molecule has 1 fully saturated rings. The molecule has 4 nitrogen and oxygen atoms in total. The molecule has 1 aliphatic rings. The number of carbonyl (C=O) groups is 1. The van der Waals surface area contributed by atoms with Crippen molar-refractivity contribution in [2.24, 2.45) is 11.1 Å². The van der Waals surface area contributed by atoms with Gasteiger partial charge in [0, 0.05) is 18.6 Å². The Morgan fingerprint density at radius 1 is 1.38 bits per heavy atom. The molecule has 0 heterocycles. The predicted molar refractivity (Wildman–Crippen MR) is 66.2 cm³/mol. The standard InChI is InChI=1S/C12H25N3O/c1-12(2,3)10(13)8-14-11(16)15-9-6-4-5-7-9/h9-10H,4-8,13H2,1-3H3,(H2,14,15,16). The fraction of sp³-hybridized carbons (Fsp3) is 0.917. The molecule has 94 valence electrons. The van der Waals surface area contributed by atoms with E-state index >= 15 is 0 Å².